The number of benzene rings is 2. The second-order valence-electron chi connectivity index (χ2n) is 3.99. The number of anilines is 2. The maximum atomic E-state index is 11.2. The van der Waals surface area contributed by atoms with Crippen LogP contribution < -0.4 is 10.1 Å². The molecule has 18 heavy (non-hydrogen) atoms. The first-order valence-corrected chi connectivity index (χ1v) is 5.71. The van der Waals surface area contributed by atoms with E-state index in [1.807, 2.05) is 48.5 Å². The standard InChI is InChI=1S/C15H15NO2/c1-11(17)12-6-8-13(9-7-12)16-14-4-3-5-15(10-14)18-2/h3-10,16H,1-2H3. The Morgan fingerprint density at radius 1 is 1.06 bits per heavy atom. The molecule has 3 heteroatoms. The molecular formula is C15H15NO2. The second-order valence-corrected chi connectivity index (χ2v) is 3.99. The highest BCUT2D eigenvalue weighted by atomic mass is 16.5. The summed E-state index contributed by atoms with van der Waals surface area (Å²) in [5.41, 5.74) is 2.60. The van der Waals surface area contributed by atoms with Crippen LogP contribution >= 0.6 is 0 Å². The normalized spacial score (nSPS) is 9.89. The molecule has 2 aromatic rings. The second kappa shape index (κ2) is 5.36. The Labute approximate surface area is 106 Å². The maximum absolute atomic E-state index is 11.2. The fourth-order valence-electron chi connectivity index (χ4n) is 1.66. The number of Topliss-reactive ketones (excluding diaryl/α,β-unsaturated/α-hetero) is 1. The first-order valence-electron chi connectivity index (χ1n) is 5.71. The van der Waals surface area contributed by atoms with Gasteiger partial charge in [-0.1, -0.05) is 6.07 Å². The third kappa shape index (κ3) is 2.88. The molecule has 0 unspecified atom stereocenters. The number of carbonyl (C=O) groups is 1. The van der Waals surface area contributed by atoms with Crippen LogP contribution in [0.2, 0.25) is 0 Å². The predicted molar refractivity (Wildman–Crippen MR) is 72.7 cm³/mol. The van der Waals surface area contributed by atoms with Crippen molar-refractivity contribution in [3.05, 3.63) is 54.1 Å². The lowest BCUT2D eigenvalue weighted by molar-refractivity contribution is 0.101. The molecule has 0 radical (unpaired) electrons. The van der Waals surface area contributed by atoms with Gasteiger partial charge < -0.3 is 10.1 Å². The summed E-state index contributed by atoms with van der Waals surface area (Å²) in [7, 11) is 1.64. The molecule has 0 fully saturated rings. The average molecular weight is 241 g/mol. The zero-order chi connectivity index (χ0) is 13.0. The van der Waals surface area contributed by atoms with Crippen LogP contribution in [0.3, 0.4) is 0 Å². The smallest absolute Gasteiger partial charge is 0.159 e. The Morgan fingerprint density at radius 2 is 1.78 bits per heavy atom. The van der Waals surface area contributed by atoms with E-state index in [0.29, 0.717) is 5.56 Å². The molecule has 0 saturated carbocycles. The van der Waals surface area contributed by atoms with Crippen LogP contribution in [0.1, 0.15) is 17.3 Å². The van der Waals surface area contributed by atoms with Gasteiger partial charge in [-0.25, -0.2) is 0 Å². The molecule has 3 nitrogen and oxygen atoms in total. The minimum absolute atomic E-state index is 0.0722. The van der Waals surface area contributed by atoms with Gasteiger partial charge in [0.1, 0.15) is 5.75 Å². The summed E-state index contributed by atoms with van der Waals surface area (Å²) >= 11 is 0. The SMILES string of the molecule is COc1cccc(Nc2ccc(C(C)=O)cc2)c1. The summed E-state index contributed by atoms with van der Waals surface area (Å²) in [6.07, 6.45) is 0. The third-order valence-electron chi connectivity index (χ3n) is 2.65. The number of hydrogen-bond donors (Lipinski definition) is 1. The molecule has 0 aliphatic rings. The number of hydrogen-bond acceptors (Lipinski definition) is 3. The fourth-order valence-corrected chi connectivity index (χ4v) is 1.66. The predicted octanol–water partition coefficient (Wildman–Crippen LogP) is 3.64. The molecule has 0 saturated heterocycles. The molecular weight excluding hydrogens is 226 g/mol. The van der Waals surface area contributed by atoms with Gasteiger partial charge in [0, 0.05) is 23.0 Å². The van der Waals surface area contributed by atoms with Gasteiger partial charge in [0.25, 0.3) is 0 Å². The zero-order valence-electron chi connectivity index (χ0n) is 10.4. The molecule has 0 aliphatic carbocycles. The number of ketones is 1. The Kier molecular flexibility index (Phi) is 3.63. The third-order valence-corrected chi connectivity index (χ3v) is 2.65. The van der Waals surface area contributed by atoms with Crippen molar-refractivity contribution in [3.8, 4) is 5.75 Å². The van der Waals surface area contributed by atoms with E-state index >= 15 is 0 Å². The van der Waals surface area contributed by atoms with Gasteiger partial charge >= 0.3 is 0 Å². The summed E-state index contributed by atoms with van der Waals surface area (Å²) in [5, 5.41) is 3.25. The van der Waals surface area contributed by atoms with Gasteiger partial charge in [-0.2, -0.15) is 0 Å². The molecule has 0 aliphatic heterocycles. The Bertz CT molecular complexity index is 547. The van der Waals surface area contributed by atoms with E-state index in [1.54, 1.807) is 14.0 Å². The van der Waals surface area contributed by atoms with Gasteiger partial charge in [0.05, 0.1) is 7.11 Å². The van der Waals surface area contributed by atoms with Crippen molar-refractivity contribution < 1.29 is 9.53 Å². The van der Waals surface area contributed by atoms with Crippen LogP contribution in [-0.4, -0.2) is 12.9 Å². The Morgan fingerprint density at radius 3 is 2.39 bits per heavy atom. The molecule has 1 N–H and O–H groups in total. The summed E-state index contributed by atoms with van der Waals surface area (Å²) < 4.78 is 5.16. The van der Waals surface area contributed by atoms with Crippen molar-refractivity contribution >= 4 is 17.2 Å². The average Bonchev–Trinajstić information content (AvgIpc) is 2.39. The number of nitrogens with one attached hydrogen (secondary N) is 1. The topological polar surface area (TPSA) is 38.3 Å². The van der Waals surface area contributed by atoms with E-state index in [-0.39, 0.29) is 5.78 Å². The molecule has 92 valence electrons. The minimum Gasteiger partial charge on any atom is -0.497 e. The van der Waals surface area contributed by atoms with Gasteiger partial charge in [-0.15, -0.1) is 0 Å². The van der Waals surface area contributed by atoms with Crippen LogP contribution in [0, 0.1) is 0 Å². The largest absolute Gasteiger partial charge is 0.497 e. The first-order chi connectivity index (χ1) is 8.69. The van der Waals surface area contributed by atoms with Crippen molar-refractivity contribution in [1.82, 2.24) is 0 Å². The van der Waals surface area contributed by atoms with E-state index in [0.717, 1.165) is 17.1 Å². The van der Waals surface area contributed by atoms with Crippen LogP contribution in [0.5, 0.6) is 5.75 Å². The van der Waals surface area contributed by atoms with Crippen LogP contribution in [0.25, 0.3) is 0 Å². The van der Waals surface area contributed by atoms with Gasteiger partial charge in [0.15, 0.2) is 5.78 Å². The van der Waals surface area contributed by atoms with Gasteiger partial charge in [-0.3, -0.25) is 4.79 Å². The fraction of sp³-hybridized carbons (Fsp3) is 0.133. The summed E-state index contributed by atoms with van der Waals surface area (Å²) in [5.74, 6) is 0.878. The highest BCUT2D eigenvalue weighted by molar-refractivity contribution is 5.94. The molecule has 0 spiro atoms. The maximum Gasteiger partial charge on any atom is 0.159 e. The van der Waals surface area contributed by atoms with Crippen LogP contribution in [-0.2, 0) is 0 Å². The molecule has 2 aromatic carbocycles. The Balaban J connectivity index is 2.15. The molecule has 0 amide bonds. The lowest BCUT2D eigenvalue weighted by atomic mass is 10.1. The van der Waals surface area contributed by atoms with Gasteiger partial charge in [-0.05, 0) is 43.3 Å². The van der Waals surface area contributed by atoms with E-state index in [9.17, 15) is 4.79 Å². The Hall–Kier alpha value is -2.29. The molecule has 0 bridgehead atoms. The first kappa shape index (κ1) is 12.2. The number of methoxy groups -OCH3 is 1. The number of ether oxygens (including phenoxy) is 1. The minimum atomic E-state index is 0.0722. The van der Waals surface area contributed by atoms with Crippen LogP contribution in [0.15, 0.2) is 48.5 Å². The van der Waals surface area contributed by atoms with E-state index in [4.69, 9.17) is 4.74 Å². The lowest BCUT2D eigenvalue weighted by Gasteiger charge is -2.08. The zero-order valence-corrected chi connectivity index (χ0v) is 10.4. The molecule has 0 aromatic heterocycles. The highest BCUT2D eigenvalue weighted by Crippen LogP contribution is 2.21. The number of rotatable bonds is 4. The van der Waals surface area contributed by atoms with Crippen molar-refractivity contribution in [1.29, 1.82) is 0 Å². The summed E-state index contributed by atoms with van der Waals surface area (Å²) in [6.45, 7) is 1.56. The number of carbonyl (C=O) groups excluding carboxylic acids is 1. The van der Waals surface area contributed by atoms with E-state index in [2.05, 4.69) is 5.32 Å². The lowest BCUT2D eigenvalue weighted by Crippen LogP contribution is -1.94. The van der Waals surface area contributed by atoms with Crippen molar-refractivity contribution in [2.24, 2.45) is 0 Å². The summed E-state index contributed by atoms with van der Waals surface area (Å²) in [6, 6.07) is 15.1. The van der Waals surface area contributed by atoms with Gasteiger partial charge in [0.2, 0.25) is 0 Å². The molecule has 0 atom stereocenters. The molecule has 2 rings (SSSR count). The molecule has 0 heterocycles. The monoisotopic (exact) mass is 241 g/mol. The van der Waals surface area contributed by atoms with E-state index < -0.39 is 0 Å². The van der Waals surface area contributed by atoms with Crippen molar-refractivity contribution in [2.75, 3.05) is 12.4 Å². The van der Waals surface area contributed by atoms with Crippen molar-refractivity contribution in [2.45, 2.75) is 6.92 Å². The highest BCUT2D eigenvalue weighted by Gasteiger charge is 2.00. The van der Waals surface area contributed by atoms with Crippen LogP contribution in [0.4, 0.5) is 11.4 Å². The summed E-state index contributed by atoms with van der Waals surface area (Å²) in [4.78, 5) is 11.2. The van der Waals surface area contributed by atoms with E-state index in [1.165, 1.54) is 0 Å². The van der Waals surface area contributed by atoms with Crippen molar-refractivity contribution in [3.63, 3.8) is 0 Å². The quantitative estimate of drug-likeness (QED) is 0.830.